The first-order valence-corrected chi connectivity index (χ1v) is 6.15. The Morgan fingerprint density at radius 3 is 2.76 bits per heavy atom. The number of ether oxygens (including phenoxy) is 1. The SMILES string of the molecule is CCC(=CCOc1ccc(C)cc1Br)C(=O)O. The average molecular weight is 299 g/mol. The lowest BCUT2D eigenvalue weighted by molar-refractivity contribution is -0.132. The first-order chi connectivity index (χ1) is 8.04. The standard InChI is InChI=1S/C13H15BrO3/c1-3-10(13(15)16)6-7-17-12-5-4-9(2)8-11(12)14/h4-6,8H,3,7H2,1-2H3,(H,15,16). The average Bonchev–Trinajstić information content (AvgIpc) is 2.26. The maximum absolute atomic E-state index is 10.8. The minimum Gasteiger partial charge on any atom is -0.488 e. The number of carboxylic acids is 1. The number of aryl methyl sites for hydroxylation is 1. The molecule has 0 spiro atoms. The lowest BCUT2D eigenvalue weighted by atomic mass is 10.2. The molecule has 1 N–H and O–H groups in total. The molecule has 0 amide bonds. The highest BCUT2D eigenvalue weighted by Gasteiger charge is 2.04. The van der Waals surface area contributed by atoms with Crippen LogP contribution < -0.4 is 4.74 Å². The Balaban J connectivity index is 2.65. The molecule has 1 aromatic rings. The maximum atomic E-state index is 10.8. The fourth-order valence-electron chi connectivity index (χ4n) is 1.34. The largest absolute Gasteiger partial charge is 0.488 e. The lowest BCUT2D eigenvalue weighted by Crippen LogP contribution is -2.03. The van der Waals surface area contributed by atoms with Crippen molar-refractivity contribution < 1.29 is 14.6 Å². The Labute approximate surface area is 109 Å². The molecule has 0 unspecified atom stereocenters. The number of carboxylic acid groups (broad SMARTS) is 1. The summed E-state index contributed by atoms with van der Waals surface area (Å²) >= 11 is 3.40. The van der Waals surface area contributed by atoms with Crippen LogP contribution in [0, 0.1) is 6.92 Å². The van der Waals surface area contributed by atoms with E-state index in [9.17, 15) is 4.79 Å². The molecule has 0 saturated carbocycles. The molecule has 1 rings (SSSR count). The number of halogens is 1. The van der Waals surface area contributed by atoms with E-state index in [0.717, 1.165) is 10.0 Å². The summed E-state index contributed by atoms with van der Waals surface area (Å²) in [5.41, 5.74) is 1.51. The molecule has 17 heavy (non-hydrogen) atoms. The van der Waals surface area contributed by atoms with Crippen LogP contribution >= 0.6 is 15.9 Å². The number of aliphatic carboxylic acids is 1. The summed E-state index contributed by atoms with van der Waals surface area (Å²) < 4.78 is 6.36. The summed E-state index contributed by atoms with van der Waals surface area (Å²) in [6.45, 7) is 4.06. The van der Waals surface area contributed by atoms with Gasteiger partial charge >= 0.3 is 5.97 Å². The van der Waals surface area contributed by atoms with Crippen LogP contribution in [0.25, 0.3) is 0 Å². The van der Waals surface area contributed by atoms with E-state index in [2.05, 4.69) is 15.9 Å². The normalized spacial score (nSPS) is 11.4. The quantitative estimate of drug-likeness (QED) is 0.846. The van der Waals surface area contributed by atoms with Crippen LogP contribution in [-0.2, 0) is 4.79 Å². The van der Waals surface area contributed by atoms with Gasteiger partial charge < -0.3 is 9.84 Å². The van der Waals surface area contributed by atoms with Crippen molar-refractivity contribution >= 4 is 21.9 Å². The Bertz CT molecular complexity index is 438. The molecular formula is C13H15BrO3. The minimum atomic E-state index is -0.890. The van der Waals surface area contributed by atoms with Gasteiger partial charge in [0.05, 0.1) is 4.47 Å². The molecule has 0 aromatic heterocycles. The van der Waals surface area contributed by atoms with Crippen molar-refractivity contribution in [3.63, 3.8) is 0 Å². The summed E-state index contributed by atoms with van der Waals surface area (Å²) in [5.74, 6) is -0.174. The Morgan fingerprint density at radius 1 is 1.53 bits per heavy atom. The highest BCUT2D eigenvalue weighted by atomic mass is 79.9. The van der Waals surface area contributed by atoms with Gasteiger partial charge in [-0.05, 0) is 53.0 Å². The molecule has 4 heteroatoms. The predicted molar refractivity (Wildman–Crippen MR) is 70.4 cm³/mol. The van der Waals surface area contributed by atoms with Crippen molar-refractivity contribution in [3.05, 3.63) is 39.9 Å². The van der Waals surface area contributed by atoms with Gasteiger partial charge in [-0.1, -0.05) is 13.0 Å². The van der Waals surface area contributed by atoms with Gasteiger partial charge in [-0.15, -0.1) is 0 Å². The van der Waals surface area contributed by atoms with Crippen molar-refractivity contribution in [1.82, 2.24) is 0 Å². The van der Waals surface area contributed by atoms with Crippen molar-refractivity contribution in [3.8, 4) is 5.75 Å². The van der Waals surface area contributed by atoms with Gasteiger partial charge in [-0.3, -0.25) is 0 Å². The fraction of sp³-hybridized carbons (Fsp3) is 0.308. The third kappa shape index (κ3) is 4.23. The zero-order valence-electron chi connectivity index (χ0n) is 9.87. The van der Waals surface area contributed by atoms with E-state index in [4.69, 9.17) is 9.84 Å². The summed E-state index contributed by atoms with van der Waals surface area (Å²) in [6, 6.07) is 5.76. The van der Waals surface area contributed by atoms with Crippen molar-refractivity contribution in [2.75, 3.05) is 6.61 Å². The number of carbonyl (C=O) groups is 1. The zero-order chi connectivity index (χ0) is 12.8. The summed E-state index contributed by atoms with van der Waals surface area (Å²) in [5, 5.41) is 8.83. The second-order valence-corrected chi connectivity index (χ2v) is 4.49. The van der Waals surface area contributed by atoms with Crippen molar-refractivity contribution in [2.24, 2.45) is 0 Å². The van der Waals surface area contributed by atoms with Gasteiger partial charge in [0.2, 0.25) is 0 Å². The smallest absolute Gasteiger partial charge is 0.331 e. The van der Waals surface area contributed by atoms with Crippen LogP contribution in [-0.4, -0.2) is 17.7 Å². The number of benzene rings is 1. The van der Waals surface area contributed by atoms with E-state index < -0.39 is 5.97 Å². The molecule has 92 valence electrons. The van der Waals surface area contributed by atoms with Gasteiger partial charge in [0, 0.05) is 5.57 Å². The predicted octanol–water partition coefficient (Wildman–Crippen LogP) is 3.56. The second kappa shape index (κ2) is 6.45. The Morgan fingerprint density at radius 2 is 2.24 bits per heavy atom. The molecule has 0 radical (unpaired) electrons. The maximum Gasteiger partial charge on any atom is 0.331 e. The molecule has 0 saturated heterocycles. The Kier molecular flexibility index (Phi) is 5.22. The second-order valence-electron chi connectivity index (χ2n) is 3.63. The van der Waals surface area contributed by atoms with E-state index in [0.29, 0.717) is 17.7 Å². The number of rotatable bonds is 5. The van der Waals surface area contributed by atoms with Gasteiger partial charge in [0.15, 0.2) is 0 Å². The van der Waals surface area contributed by atoms with Gasteiger partial charge in [0.25, 0.3) is 0 Å². The number of hydrogen-bond donors (Lipinski definition) is 1. The van der Waals surface area contributed by atoms with Crippen LogP contribution in [0.5, 0.6) is 5.75 Å². The van der Waals surface area contributed by atoms with E-state index in [1.165, 1.54) is 0 Å². The molecule has 1 aromatic carbocycles. The topological polar surface area (TPSA) is 46.5 Å². The summed E-state index contributed by atoms with van der Waals surface area (Å²) in [4.78, 5) is 10.8. The van der Waals surface area contributed by atoms with Crippen LogP contribution in [0.15, 0.2) is 34.3 Å². The van der Waals surface area contributed by atoms with Crippen molar-refractivity contribution in [2.45, 2.75) is 20.3 Å². The highest BCUT2D eigenvalue weighted by Crippen LogP contribution is 2.25. The van der Waals surface area contributed by atoms with Crippen LogP contribution in [0.4, 0.5) is 0 Å². The third-order valence-electron chi connectivity index (χ3n) is 2.31. The summed E-state index contributed by atoms with van der Waals surface area (Å²) in [7, 11) is 0. The van der Waals surface area contributed by atoms with Crippen molar-refractivity contribution in [1.29, 1.82) is 0 Å². The highest BCUT2D eigenvalue weighted by molar-refractivity contribution is 9.10. The molecule has 0 aliphatic carbocycles. The van der Waals surface area contributed by atoms with E-state index in [-0.39, 0.29) is 6.61 Å². The van der Waals surface area contributed by atoms with Crippen LogP contribution in [0.1, 0.15) is 18.9 Å². The van der Waals surface area contributed by atoms with Crippen LogP contribution in [0.3, 0.4) is 0 Å². The molecule has 3 nitrogen and oxygen atoms in total. The molecular weight excluding hydrogens is 284 g/mol. The van der Waals surface area contributed by atoms with E-state index in [1.807, 2.05) is 32.0 Å². The van der Waals surface area contributed by atoms with E-state index >= 15 is 0 Å². The molecule has 0 bridgehead atoms. The monoisotopic (exact) mass is 298 g/mol. The fourth-order valence-corrected chi connectivity index (χ4v) is 1.95. The number of hydrogen-bond acceptors (Lipinski definition) is 2. The first-order valence-electron chi connectivity index (χ1n) is 5.36. The van der Waals surface area contributed by atoms with Gasteiger partial charge in [-0.2, -0.15) is 0 Å². The van der Waals surface area contributed by atoms with E-state index in [1.54, 1.807) is 6.08 Å². The van der Waals surface area contributed by atoms with Gasteiger partial charge in [-0.25, -0.2) is 4.79 Å². The zero-order valence-corrected chi connectivity index (χ0v) is 11.5. The molecule has 0 aliphatic rings. The summed E-state index contributed by atoms with van der Waals surface area (Å²) in [6.07, 6.45) is 2.09. The van der Waals surface area contributed by atoms with Gasteiger partial charge in [0.1, 0.15) is 12.4 Å². The first kappa shape index (κ1) is 13.8. The van der Waals surface area contributed by atoms with Crippen LogP contribution in [0.2, 0.25) is 0 Å². The minimum absolute atomic E-state index is 0.261. The lowest BCUT2D eigenvalue weighted by Gasteiger charge is -2.07. The molecule has 0 heterocycles. The molecule has 0 atom stereocenters. The molecule has 0 aliphatic heterocycles. The molecule has 0 fully saturated rings. The Hall–Kier alpha value is -1.29. The third-order valence-corrected chi connectivity index (χ3v) is 2.93.